The van der Waals surface area contributed by atoms with E-state index in [1.54, 1.807) is 6.08 Å². The largest absolute Gasteiger partial charge is 0.235 e. The highest BCUT2D eigenvalue weighted by Gasteiger charge is 2.08. The number of isocyanates is 1. The van der Waals surface area contributed by atoms with Gasteiger partial charge in [-0.2, -0.15) is 4.99 Å². The molecule has 17 heavy (non-hydrogen) atoms. The van der Waals surface area contributed by atoms with Gasteiger partial charge in [0.05, 0.1) is 12.6 Å². The summed E-state index contributed by atoms with van der Waals surface area (Å²) in [6, 6.07) is 7.46. The zero-order valence-corrected chi connectivity index (χ0v) is 9.71. The lowest BCUT2D eigenvalue weighted by Gasteiger charge is -2.09. The van der Waals surface area contributed by atoms with Crippen LogP contribution in [0, 0.1) is 0 Å². The normalized spacial score (nSPS) is 11.1. The zero-order chi connectivity index (χ0) is 12.5. The van der Waals surface area contributed by atoms with Crippen molar-refractivity contribution in [3.05, 3.63) is 45.8 Å². The first-order valence-corrected chi connectivity index (χ1v) is 5.48. The molecule has 0 aliphatic heterocycles. The molecule has 1 aromatic rings. The van der Waals surface area contributed by atoms with E-state index in [1.807, 2.05) is 31.2 Å². The summed E-state index contributed by atoms with van der Waals surface area (Å²) >= 11 is 0. The number of benzene rings is 1. The van der Waals surface area contributed by atoms with Crippen molar-refractivity contribution in [1.82, 2.24) is 0 Å². The highest BCUT2D eigenvalue weighted by Crippen LogP contribution is 2.22. The molecule has 0 saturated carbocycles. The zero-order valence-electron chi connectivity index (χ0n) is 9.71. The topological polar surface area (TPSA) is 78.2 Å². The van der Waals surface area contributed by atoms with Crippen molar-refractivity contribution in [1.29, 1.82) is 0 Å². The summed E-state index contributed by atoms with van der Waals surface area (Å²) in [5, 5.41) is 3.48. The van der Waals surface area contributed by atoms with E-state index in [2.05, 4.69) is 15.0 Å². The first-order valence-electron chi connectivity index (χ1n) is 5.48. The Morgan fingerprint density at radius 2 is 2.12 bits per heavy atom. The van der Waals surface area contributed by atoms with Gasteiger partial charge in [-0.1, -0.05) is 42.7 Å². The third-order valence-electron chi connectivity index (χ3n) is 2.45. The molecular weight excluding hydrogens is 216 g/mol. The van der Waals surface area contributed by atoms with Crippen LogP contribution in [0.1, 0.15) is 36.9 Å². The summed E-state index contributed by atoms with van der Waals surface area (Å²) < 4.78 is 0. The maximum Gasteiger partial charge on any atom is 0.235 e. The van der Waals surface area contributed by atoms with Crippen molar-refractivity contribution in [3.63, 3.8) is 0 Å². The van der Waals surface area contributed by atoms with E-state index in [1.165, 1.54) is 0 Å². The fourth-order valence-electron chi connectivity index (χ4n) is 1.60. The first kappa shape index (κ1) is 13.0. The molecule has 0 saturated heterocycles. The molecule has 1 atom stereocenters. The van der Waals surface area contributed by atoms with Crippen molar-refractivity contribution in [2.24, 2.45) is 10.1 Å². The lowest BCUT2D eigenvalue weighted by molar-refractivity contribution is 0.552. The van der Waals surface area contributed by atoms with Crippen LogP contribution >= 0.6 is 0 Å². The minimum Gasteiger partial charge on any atom is -0.211 e. The molecular formula is C12H14N4O. The van der Waals surface area contributed by atoms with Crippen LogP contribution in [0.4, 0.5) is 0 Å². The lowest BCUT2D eigenvalue weighted by Crippen LogP contribution is -1.95. The molecule has 0 fully saturated rings. The maximum absolute atomic E-state index is 10.3. The average Bonchev–Trinajstić information content (AvgIpc) is 2.37. The smallest absolute Gasteiger partial charge is 0.211 e. The van der Waals surface area contributed by atoms with E-state index < -0.39 is 0 Å². The summed E-state index contributed by atoms with van der Waals surface area (Å²) in [6.45, 7) is 2.38. The maximum atomic E-state index is 10.3. The van der Waals surface area contributed by atoms with E-state index in [0.717, 1.165) is 24.0 Å². The van der Waals surface area contributed by atoms with E-state index >= 15 is 0 Å². The van der Waals surface area contributed by atoms with E-state index in [9.17, 15) is 4.79 Å². The van der Waals surface area contributed by atoms with Crippen LogP contribution in [0.3, 0.4) is 0 Å². The highest BCUT2D eigenvalue weighted by atomic mass is 16.1. The summed E-state index contributed by atoms with van der Waals surface area (Å²) in [5.41, 5.74) is 10.1. The Morgan fingerprint density at radius 3 is 2.65 bits per heavy atom. The number of aliphatic imine (C=N–C) groups is 1. The summed E-state index contributed by atoms with van der Waals surface area (Å²) in [5.74, 6) is 0. The number of nitrogens with zero attached hydrogens (tertiary/aromatic N) is 4. The molecule has 0 aliphatic carbocycles. The van der Waals surface area contributed by atoms with Gasteiger partial charge in [0, 0.05) is 4.91 Å². The Labute approximate surface area is 99.8 Å². The minimum absolute atomic E-state index is 0.119. The molecule has 0 bridgehead atoms. The Bertz CT molecular complexity index is 442. The third-order valence-corrected chi connectivity index (χ3v) is 2.45. The van der Waals surface area contributed by atoms with Crippen LogP contribution in [0.5, 0.6) is 0 Å². The van der Waals surface area contributed by atoms with E-state index in [4.69, 9.17) is 5.53 Å². The van der Waals surface area contributed by atoms with Gasteiger partial charge in [0.25, 0.3) is 0 Å². The SMILES string of the molecule is CCCC(N=C=O)c1ccc(CN=[N+]=[N-])cc1. The highest BCUT2D eigenvalue weighted by molar-refractivity contribution is 5.36. The second-order valence-corrected chi connectivity index (χ2v) is 3.66. The molecule has 0 radical (unpaired) electrons. The predicted octanol–water partition coefficient (Wildman–Crippen LogP) is 3.67. The fourth-order valence-corrected chi connectivity index (χ4v) is 1.60. The Hall–Kier alpha value is -2.09. The molecule has 0 amide bonds. The second kappa shape index (κ2) is 7.23. The molecule has 88 valence electrons. The molecule has 5 nitrogen and oxygen atoms in total. The fraction of sp³-hybridized carbons (Fsp3) is 0.417. The number of hydrogen-bond donors (Lipinski definition) is 0. The first-order chi connectivity index (χ1) is 8.31. The molecule has 5 heteroatoms. The van der Waals surface area contributed by atoms with Gasteiger partial charge >= 0.3 is 0 Å². The van der Waals surface area contributed by atoms with Gasteiger partial charge < -0.3 is 0 Å². The van der Waals surface area contributed by atoms with Gasteiger partial charge in [0.2, 0.25) is 6.08 Å². The minimum atomic E-state index is -0.119. The molecule has 0 N–H and O–H groups in total. The third kappa shape index (κ3) is 4.11. The van der Waals surface area contributed by atoms with Crippen LogP contribution in [0.25, 0.3) is 10.4 Å². The quantitative estimate of drug-likeness (QED) is 0.241. The summed E-state index contributed by atoms with van der Waals surface area (Å²) in [4.78, 5) is 16.8. The van der Waals surface area contributed by atoms with Crippen LogP contribution in [0.2, 0.25) is 0 Å². The van der Waals surface area contributed by atoms with Crippen molar-refractivity contribution in [3.8, 4) is 0 Å². The van der Waals surface area contributed by atoms with Gasteiger partial charge in [-0.25, -0.2) is 4.79 Å². The van der Waals surface area contributed by atoms with Gasteiger partial charge in [-0.3, -0.25) is 0 Å². The lowest BCUT2D eigenvalue weighted by atomic mass is 10.0. The van der Waals surface area contributed by atoms with Gasteiger partial charge in [0.1, 0.15) is 0 Å². The number of rotatable bonds is 6. The molecule has 1 rings (SSSR count). The number of carbonyl (C=O) groups excluding carboxylic acids is 1. The van der Waals surface area contributed by atoms with E-state index in [-0.39, 0.29) is 6.04 Å². The summed E-state index contributed by atoms with van der Waals surface area (Å²) in [6.07, 6.45) is 3.39. The predicted molar refractivity (Wildman–Crippen MR) is 65.1 cm³/mol. The Kier molecular flexibility index (Phi) is 5.52. The molecule has 1 unspecified atom stereocenters. The molecule has 0 aromatic heterocycles. The standard InChI is InChI=1S/C12H14N4O/c1-2-3-12(14-9-17)11-6-4-10(5-7-11)8-15-16-13/h4-7,12H,2-3,8H2,1H3. The van der Waals surface area contributed by atoms with Gasteiger partial charge in [-0.15, -0.1) is 0 Å². The van der Waals surface area contributed by atoms with Crippen LogP contribution < -0.4 is 0 Å². The number of hydrogen-bond acceptors (Lipinski definition) is 3. The van der Waals surface area contributed by atoms with Gasteiger partial charge in [0.15, 0.2) is 0 Å². The van der Waals surface area contributed by atoms with Crippen LogP contribution in [-0.2, 0) is 11.3 Å². The van der Waals surface area contributed by atoms with E-state index in [0.29, 0.717) is 6.54 Å². The van der Waals surface area contributed by atoms with Crippen LogP contribution in [0.15, 0.2) is 34.4 Å². The van der Waals surface area contributed by atoms with Crippen LogP contribution in [-0.4, -0.2) is 6.08 Å². The Morgan fingerprint density at radius 1 is 1.41 bits per heavy atom. The van der Waals surface area contributed by atoms with Crippen molar-refractivity contribution >= 4 is 6.08 Å². The van der Waals surface area contributed by atoms with Crippen molar-refractivity contribution in [2.45, 2.75) is 32.4 Å². The number of azide groups is 1. The molecule has 0 spiro atoms. The molecule has 0 aliphatic rings. The molecule has 0 heterocycles. The van der Waals surface area contributed by atoms with Crippen molar-refractivity contribution < 1.29 is 4.79 Å². The monoisotopic (exact) mass is 230 g/mol. The van der Waals surface area contributed by atoms with Crippen molar-refractivity contribution in [2.75, 3.05) is 0 Å². The van der Waals surface area contributed by atoms with Gasteiger partial charge in [-0.05, 0) is 23.1 Å². The molecule has 1 aromatic carbocycles. The Balaban J connectivity index is 2.83. The average molecular weight is 230 g/mol. The second-order valence-electron chi connectivity index (χ2n) is 3.66. The summed E-state index contributed by atoms with van der Waals surface area (Å²) in [7, 11) is 0.